The molecule has 0 bridgehead atoms. The van der Waals surface area contributed by atoms with E-state index in [0.717, 1.165) is 23.7 Å². The SMILES string of the molecule is NC(=O)c1c(N)nsc1NCc1cccc(C(F)(F)F)c1. The zero-order chi connectivity index (χ0) is 15.6. The fourth-order valence-corrected chi connectivity index (χ4v) is 2.42. The van der Waals surface area contributed by atoms with Gasteiger partial charge in [0, 0.05) is 6.54 Å². The van der Waals surface area contributed by atoms with E-state index in [4.69, 9.17) is 11.5 Å². The van der Waals surface area contributed by atoms with Gasteiger partial charge in [-0.15, -0.1) is 0 Å². The van der Waals surface area contributed by atoms with Gasteiger partial charge in [-0.25, -0.2) is 0 Å². The van der Waals surface area contributed by atoms with E-state index in [1.165, 1.54) is 12.1 Å². The van der Waals surface area contributed by atoms with Gasteiger partial charge in [0.05, 0.1) is 5.56 Å². The number of amides is 1. The van der Waals surface area contributed by atoms with E-state index in [-0.39, 0.29) is 17.9 Å². The summed E-state index contributed by atoms with van der Waals surface area (Å²) in [6.45, 7) is 0.0891. The van der Waals surface area contributed by atoms with Crippen molar-refractivity contribution in [2.45, 2.75) is 12.7 Å². The zero-order valence-electron chi connectivity index (χ0n) is 10.6. The number of primary amides is 1. The largest absolute Gasteiger partial charge is 0.416 e. The van der Waals surface area contributed by atoms with Gasteiger partial charge in [0.2, 0.25) is 0 Å². The zero-order valence-corrected chi connectivity index (χ0v) is 11.4. The molecule has 9 heteroatoms. The number of benzene rings is 1. The first-order chi connectivity index (χ1) is 9.79. The highest BCUT2D eigenvalue weighted by Crippen LogP contribution is 2.30. The van der Waals surface area contributed by atoms with Crippen molar-refractivity contribution < 1.29 is 18.0 Å². The third kappa shape index (κ3) is 3.43. The van der Waals surface area contributed by atoms with Crippen molar-refractivity contribution in [3.05, 3.63) is 41.0 Å². The number of halogens is 3. The number of alkyl halides is 3. The Kier molecular flexibility index (Phi) is 4.03. The number of nitrogens with one attached hydrogen (secondary N) is 1. The summed E-state index contributed by atoms with van der Waals surface area (Å²) in [5.41, 5.74) is 10.4. The molecular weight excluding hydrogens is 305 g/mol. The fraction of sp³-hybridized carbons (Fsp3) is 0.167. The van der Waals surface area contributed by atoms with Crippen molar-refractivity contribution in [1.29, 1.82) is 0 Å². The highest BCUT2D eigenvalue weighted by Gasteiger charge is 2.30. The van der Waals surface area contributed by atoms with Gasteiger partial charge < -0.3 is 16.8 Å². The van der Waals surface area contributed by atoms with E-state index in [1.54, 1.807) is 0 Å². The Hall–Kier alpha value is -2.29. The molecule has 0 unspecified atom stereocenters. The topological polar surface area (TPSA) is 94.0 Å². The molecule has 0 saturated heterocycles. The molecule has 1 heterocycles. The fourth-order valence-electron chi connectivity index (χ4n) is 1.70. The van der Waals surface area contributed by atoms with Crippen LogP contribution in [0.5, 0.6) is 0 Å². The molecule has 0 spiro atoms. The van der Waals surface area contributed by atoms with Crippen molar-refractivity contribution in [2.75, 3.05) is 11.1 Å². The molecule has 5 nitrogen and oxygen atoms in total. The van der Waals surface area contributed by atoms with Gasteiger partial charge in [-0.1, -0.05) is 12.1 Å². The molecule has 0 saturated carbocycles. The van der Waals surface area contributed by atoms with Crippen LogP contribution in [0.15, 0.2) is 24.3 Å². The lowest BCUT2D eigenvalue weighted by Crippen LogP contribution is -2.14. The Balaban J connectivity index is 2.16. The number of rotatable bonds is 4. The highest BCUT2D eigenvalue weighted by atomic mass is 32.1. The number of nitrogens with two attached hydrogens (primary N) is 2. The second kappa shape index (κ2) is 5.60. The standard InChI is InChI=1S/C12H11F3N4OS/c13-12(14,15)7-3-1-2-6(4-7)5-18-11-8(10(17)20)9(16)19-21-11/h1-4,18H,5H2,(H2,16,19)(H2,17,20). The minimum absolute atomic E-state index is 0.000887. The molecule has 1 amide bonds. The Morgan fingerprint density at radius 3 is 2.71 bits per heavy atom. The van der Waals surface area contributed by atoms with Crippen LogP contribution >= 0.6 is 11.5 Å². The van der Waals surface area contributed by atoms with E-state index < -0.39 is 17.6 Å². The maximum Gasteiger partial charge on any atom is 0.416 e. The predicted molar refractivity (Wildman–Crippen MR) is 73.8 cm³/mol. The Bertz CT molecular complexity index is 669. The number of hydrogen-bond acceptors (Lipinski definition) is 5. The van der Waals surface area contributed by atoms with E-state index in [1.807, 2.05) is 0 Å². The van der Waals surface area contributed by atoms with Crippen LogP contribution in [0, 0.1) is 0 Å². The maximum absolute atomic E-state index is 12.6. The molecular formula is C12H11F3N4OS. The lowest BCUT2D eigenvalue weighted by Gasteiger charge is -2.09. The summed E-state index contributed by atoms with van der Waals surface area (Å²) in [5, 5.41) is 3.15. The van der Waals surface area contributed by atoms with Gasteiger partial charge in [-0.05, 0) is 29.2 Å². The van der Waals surface area contributed by atoms with Crippen molar-refractivity contribution in [3.8, 4) is 0 Å². The van der Waals surface area contributed by atoms with Crippen LogP contribution in [0.2, 0.25) is 0 Å². The quantitative estimate of drug-likeness (QED) is 0.807. The summed E-state index contributed by atoms with van der Waals surface area (Å²) in [7, 11) is 0. The number of carbonyl (C=O) groups excluding carboxylic acids is 1. The Morgan fingerprint density at radius 1 is 1.38 bits per heavy atom. The number of nitrogens with zero attached hydrogens (tertiary/aromatic N) is 1. The molecule has 0 aliphatic heterocycles. The summed E-state index contributed by atoms with van der Waals surface area (Å²) in [6, 6.07) is 4.87. The number of hydrogen-bond donors (Lipinski definition) is 3. The molecule has 0 aliphatic rings. The van der Waals surface area contributed by atoms with Crippen molar-refractivity contribution in [2.24, 2.45) is 5.73 Å². The van der Waals surface area contributed by atoms with Crippen LogP contribution in [-0.2, 0) is 12.7 Å². The predicted octanol–water partition coefficient (Wildman–Crippen LogP) is 2.46. The molecule has 2 aromatic rings. The van der Waals surface area contributed by atoms with Gasteiger partial charge in [0.1, 0.15) is 10.6 Å². The normalized spacial score (nSPS) is 11.4. The minimum atomic E-state index is -4.40. The molecule has 1 aromatic heterocycles. The van der Waals surface area contributed by atoms with Gasteiger partial charge in [0.25, 0.3) is 5.91 Å². The van der Waals surface area contributed by atoms with E-state index in [2.05, 4.69) is 9.69 Å². The highest BCUT2D eigenvalue weighted by molar-refractivity contribution is 7.11. The van der Waals surface area contributed by atoms with Crippen LogP contribution in [0.4, 0.5) is 24.0 Å². The maximum atomic E-state index is 12.6. The summed E-state index contributed by atoms with van der Waals surface area (Å²) < 4.78 is 41.6. The smallest absolute Gasteiger partial charge is 0.382 e. The molecule has 0 fully saturated rings. The molecule has 112 valence electrons. The van der Waals surface area contributed by atoms with Crippen molar-refractivity contribution in [3.63, 3.8) is 0 Å². The second-order valence-corrected chi connectivity index (χ2v) is 4.96. The summed E-state index contributed by atoms with van der Waals surface area (Å²) in [4.78, 5) is 11.2. The molecule has 0 aliphatic carbocycles. The summed E-state index contributed by atoms with van der Waals surface area (Å²) in [5.74, 6) is -0.744. The molecule has 0 atom stereocenters. The van der Waals surface area contributed by atoms with E-state index in [0.29, 0.717) is 10.6 Å². The third-order valence-corrected chi connectivity index (χ3v) is 3.49. The number of nitrogen functional groups attached to an aromatic ring is 1. The first kappa shape index (κ1) is 15.1. The average molecular weight is 316 g/mol. The molecule has 21 heavy (non-hydrogen) atoms. The molecule has 2 rings (SSSR count). The van der Waals surface area contributed by atoms with E-state index in [9.17, 15) is 18.0 Å². The Labute approximate surface area is 121 Å². The van der Waals surface area contributed by atoms with Gasteiger partial charge in [-0.2, -0.15) is 17.5 Å². The lowest BCUT2D eigenvalue weighted by atomic mass is 10.1. The van der Waals surface area contributed by atoms with Crippen LogP contribution < -0.4 is 16.8 Å². The number of carbonyl (C=O) groups is 1. The van der Waals surface area contributed by atoms with Gasteiger partial charge in [-0.3, -0.25) is 4.79 Å². The van der Waals surface area contributed by atoms with E-state index >= 15 is 0 Å². The monoisotopic (exact) mass is 316 g/mol. The van der Waals surface area contributed by atoms with Crippen LogP contribution in [0.25, 0.3) is 0 Å². The van der Waals surface area contributed by atoms with Gasteiger partial charge >= 0.3 is 6.18 Å². The number of aromatic nitrogens is 1. The third-order valence-electron chi connectivity index (χ3n) is 2.67. The van der Waals surface area contributed by atoms with Crippen molar-refractivity contribution in [1.82, 2.24) is 4.37 Å². The van der Waals surface area contributed by atoms with Crippen LogP contribution in [0.1, 0.15) is 21.5 Å². The first-order valence-corrected chi connectivity index (χ1v) is 6.51. The lowest BCUT2D eigenvalue weighted by molar-refractivity contribution is -0.137. The van der Waals surface area contributed by atoms with Crippen LogP contribution in [-0.4, -0.2) is 10.3 Å². The van der Waals surface area contributed by atoms with Gasteiger partial charge in [0.15, 0.2) is 5.82 Å². The average Bonchev–Trinajstić information content (AvgIpc) is 2.77. The first-order valence-electron chi connectivity index (χ1n) is 5.74. The molecule has 1 aromatic carbocycles. The minimum Gasteiger partial charge on any atom is -0.382 e. The van der Waals surface area contributed by atoms with Crippen LogP contribution in [0.3, 0.4) is 0 Å². The molecule has 0 radical (unpaired) electrons. The van der Waals surface area contributed by atoms with Crippen molar-refractivity contribution >= 4 is 28.3 Å². The number of anilines is 2. The summed E-state index contributed by atoms with van der Waals surface area (Å²) >= 11 is 0.924. The summed E-state index contributed by atoms with van der Waals surface area (Å²) in [6.07, 6.45) is -4.40. The Morgan fingerprint density at radius 2 is 2.10 bits per heavy atom. The molecule has 5 N–H and O–H groups in total. The second-order valence-electron chi connectivity index (χ2n) is 4.19.